The summed E-state index contributed by atoms with van der Waals surface area (Å²) in [6.07, 6.45) is 3.11. The normalized spacial score (nSPS) is 13.0. The fourth-order valence-electron chi connectivity index (χ4n) is 0.459. The van der Waals surface area contributed by atoms with Gasteiger partial charge in [-0.1, -0.05) is 0 Å². The Hall–Kier alpha value is -0.290. The standard InChI is InChI=1S/C5H5BrN2OS/c1-10(9)5-7-3-2-4(6)8-5/h2-3H,1H3/t10-/m1/s1. The van der Waals surface area contributed by atoms with E-state index in [-0.39, 0.29) is 0 Å². The minimum absolute atomic E-state index is 0.356. The molecule has 1 aromatic rings. The molecule has 1 heterocycles. The lowest BCUT2D eigenvalue weighted by Crippen LogP contribution is -1.95. The van der Waals surface area contributed by atoms with Crippen LogP contribution in [0, 0.1) is 0 Å². The monoisotopic (exact) mass is 220 g/mol. The van der Waals surface area contributed by atoms with Crippen molar-refractivity contribution in [1.29, 1.82) is 0 Å². The Morgan fingerprint density at radius 2 is 2.40 bits per heavy atom. The number of nitrogens with zero attached hydrogens (tertiary/aromatic N) is 2. The second kappa shape index (κ2) is 3.21. The van der Waals surface area contributed by atoms with Gasteiger partial charge in [0, 0.05) is 12.5 Å². The van der Waals surface area contributed by atoms with Crippen molar-refractivity contribution >= 4 is 26.7 Å². The number of hydrogen-bond acceptors (Lipinski definition) is 3. The number of aromatic nitrogens is 2. The Balaban J connectivity index is 3.07. The van der Waals surface area contributed by atoms with E-state index >= 15 is 0 Å². The predicted molar refractivity (Wildman–Crippen MR) is 42.1 cm³/mol. The van der Waals surface area contributed by atoms with Gasteiger partial charge in [-0.15, -0.1) is 0 Å². The SMILES string of the molecule is C[S@@](=O)c1nccc(Br)n1. The molecule has 0 bridgehead atoms. The van der Waals surface area contributed by atoms with Gasteiger partial charge >= 0.3 is 0 Å². The molecule has 0 saturated carbocycles. The topological polar surface area (TPSA) is 42.9 Å². The smallest absolute Gasteiger partial charge is 0.219 e. The molecule has 1 atom stereocenters. The van der Waals surface area contributed by atoms with Gasteiger partial charge in [0.25, 0.3) is 0 Å². The molecule has 0 N–H and O–H groups in total. The maximum absolute atomic E-state index is 10.8. The Morgan fingerprint density at radius 1 is 1.70 bits per heavy atom. The van der Waals surface area contributed by atoms with E-state index < -0.39 is 10.8 Å². The summed E-state index contributed by atoms with van der Waals surface area (Å²) < 4.78 is 11.4. The van der Waals surface area contributed by atoms with E-state index in [2.05, 4.69) is 25.9 Å². The molecule has 0 spiro atoms. The summed E-state index contributed by atoms with van der Waals surface area (Å²) in [5.74, 6) is 0. The molecule has 0 saturated heterocycles. The molecule has 1 rings (SSSR count). The van der Waals surface area contributed by atoms with Crippen molar-refractivity contribution in [3.63, 3.8) is 0 Å². The van der Waals surface area contributed by atoms with Crippen LogP contribution in [0.2, 0.25) is 0 Å². The fourth-order valence-corrected chi connectivity index (χ4v) is 1.30. The lowest BCUT2D eigenvalue weighted by molar-refractivity contribution is 0.679. The van der Waals surface area contributed by atoms with Gasteiger partial charge in [0.2, 0.25) is 5.16 Å². The van der Waals surface area contributed by atoms with Crippen LogP contribution in [0.25, 0.3) is 0 Å². The summed E-state index contributed by atoms with van der Waals surface area (Å²) in [7, 11) is -1.09. The largest absolute Gasteiger partial charge is 0.251 e. The van der Waals surface area contributed by atoms with E-state index in [0.717, 1.165) is 0 Å². The van der Waals surface area contributed by atoms with Gasteiger partial charge in [-0.05, 0) is 22.0 Å². The van der Waals surface area contributed by atoms with E-state index in [9.17, 15) is 4.21 Å². The Morgan fingerprint density at radius 3 is 2.80 bits per heavy atom. The highest BCUT2D eigenvalue weighted by Crippen LogP contribution is 2.04. The average Bonchev–Trinajstić information content (AvgIpc) is 1.88. The molecule has 0 unspecified atom stereocenters. The number of hydrogen-bond donors (Lipinski definition) is 0. The van der Waals surface area contributed by atoms with Gasteiger partial charge in [0.15, 0.2) is 0 Å². The number of rotatable bonds is 1. The minimum Gasteiger partial charge on any atom is -0.251 e. The molecule has 1 aromatic heterocycles. The molecule has 0 aliphatic heterocycles. The lowest BCUT2D eigenvalue weighted by atomic mass is 10.7. The minimum atomic E-state index is -1.09. The van der Waals surface area contributed by atoms with Gasteiger partial charge < -0.3 is 0 Å². The van der Waals surface area contributed by atoms with Crippen LogP contribution in [0.4, 0.5) is 0 Å². The Bertz CT molecular complexity index is 266. The molecule has 3 nitrogen and oxygen atoms in total. The zero-order valence-corrected chi connectivity index (χ0v) is 7.65. The maximum Gasteiger partial charge on any atom is 0.219 e. The second-order valence-electron chi connectivity index (χ2n) is 1.62. The van der Waals surface area contributed by atoms with E-state index in [1.165, 1.54) is 0 Å². The zero-order chi connectivity index (χ0) is 7.56. The first-order valence-corrected chi connectivity index (χ1v) is 4.87. The van der Waals surface area contributed by atoms with Crippen molar-refractivity contribution in [2.45, 2.75) is 5.16 Å². The third-order valence-electron chi connectivity index (χ3n) is 0.857. The molecule has 54 valence electrons. The van der Waals surface area contributed by atoms with Crippen LogP contribution in [-0.2, 0) is 10.8 Å². The predicted octanol–water partition coefficient (Wildman–Crippen LogP) is 0.977. The summed E-state index contributed by atoms with van der Waals surface area (Å²) in [5.41, 5.74) is 0. The summed E-state index contributed by atoms with van der Waals surface area (Å²) in [6.45, 7) is 0. The van der Waals surface area contributed by atoms with Gasteiger partial charge in [-0.3, -0.25) is 4.21 Å². The molecular weight excluding hydrogens is 216 g/mol. The van der Waals surface area contributed by atoms with Crippen molar-refractivity contribution in [1.82, 2.24) is 9.97 Å². The molecule has 5 heteroatoms. The van der Waals surface area contributed by atoms with Gasteiger partial charge in [-0.25, -0.2) is 9.97 Å². The van der Waals surface area contributed by atoms with Gasteiger partial charge in [0.1, 0.15) is 4.60 Å². The molecular formula is C5H5BrN2OS. The van der Waals surface area contributed by atoms with Crippen LogP contribution in [0.5, 0.6) is 0 Å². The summed E-state index contributed by atoms with van der Waals surface area (Å²) in [5, 5.41) is 0.356. The molecule has 0 amide bonds. The highest BCUT2D eigenvalue weighted by molar-refractivity contribution is 9.10. The summed E-state index contributed by atoms with van der Waals surface area (Å²) >= 11 is 3.14. The third-order valence-corrected chi connectivity index (χ3v) is 2.01. The van der Waals surface area contributed by atoms with E-state index in [1.807, 2.05) is 0 Å². The van der Waals surface area contributed by atoms with Crippen LogP contribution in [0.15, 0.2) is 22.0 Å². The average molecular weight is 221 g/mol. The second-order valence-corrected chi connectivity index (χ2v) is 3.70. The van der Waals surface area contributed by atoms with E-state index in [0.29, 0.717) is 9.76 Å². The molecule has 0 aliphatic rings. The van der Waals surface area contributed by atoms with E-state index in [1.54, 1.807) is 18.5 Å². The third kappa shape index (κ3) is 1.85. The first kappa shape index (κ1) is 7.81. The molecule has 0 fully saturated rings. The summed E-state index contributed by atoms with van der Waals surface area (Å²) in [6, 6.07) is 1.69. The van der Waals surface area contributed by atoms with Crippen LogP contribution < -0.4 is 0 Å². The molecule has 0 radical (unpaired) electrons. The quantitative estimate of drug-likeness (QED) is 0.524. The van der Waals surface area contributed by atoms with Crippen LogP contribution in [-0.4, -0.2) is 20.4 Å². The zero-order valence-electron chi connectivity index (χ0n) is 5.24. The van der Waals surface area contributed by atoms with Crippen molar-refractivity contribution in [2.75, 3.05) is 6.26 Å². The van der Waals surface area contributed by atoms with E-state index in [4.69, 9.17) is 0 Å². The Labute approximate surface area is 69.5 Å². The van der Waals surface area contributed by atoms with Crippen LogP contribution in [0.3, 0.4) is 0 Å². The molecule has 0 aromatic carbocycles. The van der Waals surface area contributed by atoms with Crippen molar-refractivity contribution in [2.24, 2.45) is 0 Å². The van der Waals surface area contributed by atoms with Gasteiger partial charge in [0.05, 0.1) is 10.8 Å². The first-order valence-electron chi connectivity index (χ1n) is 2.52. The highest BCUT2D eigenvalue weighted by Gasteiger charge is 1.99. The fraction of sp³-hybridized carbons (Fsp3) is 0.200. The van der Waals surface area contributed by atoms with Crippen molar-refractivity contribution in [3.8, 4) is 0 Å². The van der Waals surface area contributed by atoms with Gasteiger partial charge in [-0.2, -0.15) is 0 Å². The van der Waals surface area contributed by atoms with Crippen LogP contribution >= 0.6 is 15.9 Å². The van der Waals surface area contributed by atoms with Crippen molar-refractivity contribution < 1.29 is 4.21 Å². The van der Waals surface area contributed by atoms with Crippen molar-refractivity contribution in [3.05, 3.63) is 16.9 Å². The molecule has 10 heavy (non-hydrogen) atoms. The molecule has 0 aliphatic carbocycles. The lowest BCUT2D eigenvalue weighted by Gasteiger charge is -1.92. The number of halogens is 1. The summed E-state index contributed by atoms with van der Waals surface area (Å²) in [4.78, 5) is 7.68. The maximum atomic E-state index is 10.8. The highest BCUT2D eigenvalue weighted by atomic mass is 79.9. The van der Waals surface area contributed by atoms with Crippen LogP contribution in [0.1, 0.15) is 0 Å². The Kier molecular flexibility index (Phi) is 2.50. The first-order chi connectivity index (χ1) is 4.70.